The average Bonchev–Trinajstić information content (AvgIpc) is 2.42. The first-order valence-corrected chi connectivity index (χ1v) is 5.56. The molecule has 0 saturated heterocycles. The quantitative estimate of drug-likeness (QED) is 0.864. The molecule has 1 aromatic carbocycles. The minimum absolute atomic E-state index is 0. The maximum atomic E-state index is 12.5. The number of methoxy groups -OCH3 is 3. The lowest BCUT2D eigenvalue weighted by atomic mass is 10.00. The van der Waals surface area contributed by atoms with Crippen LogP contribution >= 0.6 is 12.4 Å². The lowest BCUT2D eigenvalue weighted by molar-refractivity contribution is -0.210. The van der Waals surface area contributed by atoms with Gasteiger partial charge in [-0.2, -0.15) is 13.2 Å². The van der Waals surface area contributed by atoms with Gasteiger partial charge in [0.05, 0.1) is 27.4 Å². The van der Waals surface area contributed by atoms with Crippen molar-refractivity contribution >= 4 is 12.4 Å². The molecule has 122 valence electrons. The van der Waals surface area contributed by atoms with Gasteiger partial charge in [0.15, 0.2) is 17.6 Å². The van der Waals surface area contributed by atoms with Gasteiger partial charge in [-0.3, -0.25) is 0 Å². The van der Waals surface area contributed by atoms with Crippen molar-refractivity contribution in [3.63, 3.8) is 0 Å². The largest absolute Gasteiger partial charge is 0.496 e. The number of benzene rings is 1. The molecule has 0 aromatic heterocycles. The molecule has 0 saturated carbocycles. The summed E-state index contributed by atoms with van der Waals surface area (Å²) in [6.45, 7) is 0. The molecule has 2 atom stereocenters. The van der Waals surface area contributed by atoms with Crippen molar-refractivity contribution in [1.82, 2.24) is 0 Å². The van der Waals surface area contributed by atoms with Crippen LogP contribution in [0.25, 0.3) is 0 Å². The first kappa shape index (κ1) is 19.6. The Labute approximate surface area is 126 Å². The number of aliphatic hydroxyl groups excluding tert-OH is 1. The molecular formula is C12H17ClF3NO4. The standard InChI is InChI=1S/C12H16F3NO4.ClH/c1-18-7-5-9(20-3)8(19-2)4-6(7)10(16)11(17)12(13,14)15;/h4-5,10-11,17H,16H2,1-3H3;1H/t10-,11-;/m1./s1. The van der Waals surface area contributed by atoms with Crippen LogP contribution in [0.15, 0.2) is 12.1 Å². The van der Waals surface area contributed by atoms with Crippen LogP contribution in [0.2, 0.25) is 0 Å². The van der Waals surface area contributed by atoms with E-state index in [4.69, 9.17) is 19.9 Å². The van der Waals surface area contributed by atoms with Crippen molar-refractivity contribution in [2.24, 2.45) is 5.73 Å². The molecule has 0 bridgehead atoms. The third-order valence-corrected chi connectivity index (χ3v) is 2.77. The molecule has 0 heterocycles. The molecule has 3 N–H and O–H groups in total. The Morgan fingerprint density at radius 2 is 1.43 bits per heavy atom. The minimum atomic E-state index is -4.84. The molecule has 0 aliphatic carbocycles. The predicted octanol–water partition coefficient (Wildman–Crippen LogP) is 2.06. The fraction of sp³-hybridized carbons (Fsp3) is 0.500. The van der Waals surface area contributed by atoms with Crippen molar-refractivity contribution < 1.29 is 32.5 Å². The zero-order chi connectivity index (χ0) is 15.5. The van der Waals surface area contributed by atoms with Gasteiger partial charge in [0.25, 0.3) is 0 Å². The second-order valence-electron chi connectivity index (χ2n) is 3.96. The average molecular weight is 332 g/mol. The van der Waals surface area contributed by atoms with E-state index in [1.54, 1.807) is 0 Å². The molecular weight excluding hydrogens is 315 g/mol. The van der Waals surface area contributed by atoms with Crippen molar-refractivity contribution in [2.45, 2.75) is 18.3 Å². The fourth-order valence-electron chi connectivity index (χ4n) is 1.69. The molecule has 0 aliphatic heterocycles. The summed E-state index contributed by atoms with van der Waals surface area (Å²) >= 11 is 0. The molecule has 1 aromatic rings. The van der Waals surface area contributed by atoms with Crippen LogP contribution in [0.3, 0.4) is 0 Å². The van der Waals surface area contributed by atoms with Gasteiger partial charge in [-0.25, -0.2) is 0 Å². The van der Waals surface area contributed by atoms with Crippen LogP contribution in [0.1, 0.15) is 11.6 Å². The number of ether oxygens (including phenoxy) is 3. The molecule has 0 spiro atoms. The SMILES string of the molecule is COc1cc(OC)c([C@@H](N)[C@@H](O)C(F)(F)F)cc1OC.Cl. The zero-order valence-electron chi connectivity index (χ0n) is 11.6. The van der Waals surface area contributed by atoms with Gasteiger partial charge in [-0.1, -0.05) is 0 Å². The Morgan fingerprint density at radius 3 is 1.81 bits per heavy atom. The summed E-state index contributed by atoms with van der Waals surface area (Å²) in [5, 5.41) is 9.24. The normalized spacial score (nSPS) is 13.9. The Bertz CT molecular complexity index is 471. The monoisotopic (exact) mass is 331 g/mol. The lowest BCUT2D eigenvalue weighted by Gasteiger charge is -2.24. The first-order chi connectivity index (χ1) is 9.26. The topological polar surface area (TPSA) is 73.9 Å². The number of hydrogen-bond acceptors (Lipinski definition) is 5. The predicted molar refractivity (Wildman–Crippen MR) is 72.3 cm³/mol. The van der Waals surface area contributed by atoms with E-state index in [2.05, 4.69) is 0 Å². The fourth-order valence-corrected chi connectivity index (χ4v) is 1.69. The summed E-state index contributed by atoms with van der Waals surface area (Å²) in [6.07, 6.45) is -7.55. The highest BCUT2D eigenvalue weighted by atomic mass is 35.5. The molecule has 0 amide bonds. The second-order valence-corrected chi connectivity index (χ2v) is 3.96. The van der Waals surface area contributed by atoms with E-state index in [1.165, 1.54) is 33.5 Å². The minimum Gasteiger partial charge on any atom is -0.496 e. The summed E-state index contributed by atoms with van der Waals surface area (Å²) in [6, 6.07) is 0.888. The van der Waals surface area contributed by atoms with Crippen molar-refractivity contribution in [3.05, 3.63) is 17.7 Å². The molecule has 0 aliphatic rings. The van der Waals surface area contributed by atoms with Crippen LogP contribution in [0, 0.1) is 0 Å². The molecule has 0 fully saturated rings. The Morgan fingerprint density at radius 1 is 1.00 bits per heavy atom. The van der Waals surface area contributed by atoms with E-state index < -0.39 is 18.3 Å². The Hall–Kier alpha value is -1.38. The molecule has 0 radical (unpaired) electrons. The van der Waals surface area contributed by atoms with Crippen molar-refractivity contribution in [3.8, 4) is 17.2 Å². The molecule has 21 heavy (non-hydrogen) atoms. The van der Waals surface area contributed by atoms with Crippen LogP contribution in [-0.2, 0) is 0 Å². The van der Waals surface area contributed by atoms with E-state index in [1.807, 2.05) is 0 Å². The van der Waals surface area contributed by atoms with Crippen LogP contribution in [0.5, 0.6) is 17.2 Å². The number of hydrogen-bond donors (Lipinski definition) is 2. The number of nitrogens with two attached hydrogens (primary N) is 1. The molecule has 1 rings (SSSR count). The van der Waals surface area contributed by atoms with Crippen LogP contribution < -0.4 is 19.9 Å². The maximum absolute atomic E-state index is 12.5. The van der Waals surface area contributed by atoms with Gasteiger partial charge >= 0.3 is 6.18 Å². The van der Waals surface area contributed by atoms with E-state index >= 15 is 0 Å². The lowest BCUT2D eigenvalue weighted by Crippen LogP contribution is -2.39. The maximum Gasteiger partial charge on any atom is 0.416 e. The molecule has 9 heteroatoms. The zero-order valence-corrected chi connectivity index (χ0v) is 12.4. The number of halogens is 4. The highest BCUT2D eigenvalue weighted by Crippen LogP contribution is 2.39. The number of rotatable bonds is 5. The van der Waals surface area contributed by atoms with Gasteiger partial charge < -0.3 is 25.1 Å². The highest BCUT2D eigenvalue weighted by molar-refractivity contribution is 5.85. The van der Waals surface area contributed by atoms with E-state index in [0.717, 1.165) is 0 Å². The Kier molecular flexibility index (Phi) is 7.08. The summed E-state index contributed by atoms with van der Waals surface area (Å²) in [5.74, 6) is 0.536. The smallest absolute Gasteiger partial charge is 0.416 e. The first-order valence-electron chi connectivity index (χ1n) is 5.56. The Balaban J connectivity index is 0.00000400. The van der Waals surface area contributed by atoms with Gasteiger partial charge in [0.1, 0.15) is 5.75 Å². The second kappa shape index (κ2) is 7.58. The van der Waals surface area contributed by atoms with Crippen molar-refractivity contribution in [1.29, 1.82) is 0 Å². The molecule has 0 unspecified atom stereocenters. The van der Waals surface area contributed by atoms with Crippen molar-refractivity contribution in [2.75, 3.05) is 21.3 Å². The highest BCUT2D eigenvalue weighted by Gasteiger charge is 2.43. The third-order valence-electron chi connectivity index (χ3n) is 2.77. The van der Waals surface area contributed by atoms with Gasteiger partial charge in [0, 0.05) is 11.6 Å². The van der Waals surface area contributed by atoms with Gasteiger partial charge in [0.2, 0.25) is 0 Å². The number of aliphatic hydroxyl groups is 1. The van der Waals surface area contributed by atoms with Crippen LogP contribution in [0.4, 0.5) is 13.2 Å². The summed E-state index contributed by atoms with van der Waals surface area (Å²) in [7, 11) is 3.98. The van der Waals surface area contributed by atoms with Crippen LogP contribution in [-0.4, -0.2) is 38.7 Å². The third kappa shape index (κ3) is 4.29. The van der Waals surface area contributed by atoms with Gasteiger partial charge in [-0.15, -0.1) is 12.4 Å². The van der Waals surface area contributed by atoms with E-state index in [0.29, 0.717) is 0 Å². The number of alkyl halides is 3. The summed E-state index contributed by atoms with van der Waals surface area (Å²) in [5.41, 5.74) is 5.44. The molecule has 5 nitrogen and oxygen atoms in total. The van der Waals surface area contributed by atoms with E-state index in [-0.39, 0.29) is 35.2 Å². The van der Waals surface area contributed by atoms with E-state index in [9.17, 15) is 18.3 Å². The van der Waals surface area contributed by atoms with Gasteiger partial charge in [-0.05, 0) is 6.07 Å². The summed E-state index contributed by atoms with van der Waals surface area (Å²) in [4.78, 5) is 0. The summed E-state index contributed by atoms with van der Waals surface area (Å²) < 4.78 is 52.5.